The highest BCUT2D eigenvalue weighted by molar-refractivity contribution is 9.10. The van der Waals surface area contributed by atoms with Crippen molar-refractivity contribution in [2.24, 2.45) is 0 Å². The standard InChI is InChI=1S/C17H14BrNO/c1-11-5-2-8-13(15(11)18)17(20)14-9-3-6-12-7-4-10-19-16(12)14/h2-10,17,20H,1H3. The molecule has 2 aromatic carbocycles. The number of hydrogen-bond acceptors (Lipinski definition) is 2. The highest BCUT2D eigenvalue weighted by Gasteiger charge is 2.17. The highest BCUT2D eigenvalue weighted by Crippen LogP contribution is 2.33. The van der Waals surface area contributed by atoms with Crippen molar-refractivity contribution in [1.29, 1.82) is 0 Å². The van der Waals surface area contributed by atoms with Gasteiger partial charge in [-0.3, -0.25) is 4.98 Å². The summed E-state index contributed by atoms with van der Waals surface area (Å²) in [6.07, 6.45) is 1.06. The van der Waals surface area contributed by atoms with Gasteiger partial charge < -0.3 is 5.11 Å². The molecule has 0 bridgehead atoms. The zero-order chi connectivity index (χ0) is 14.1. The average molecular weight is 328 g/mol. The number of aryl methyl sites for hydroxylation is 1. The largest absolute Gasteiger partial charge is 0.384 e. The van der Waals surface area contributed by atoms with Gasteiger partial charge in [0.2, 0.25) is 0 Å². The zero-order valence-corrected chi connectivity index (χ0v) is 12.6. The molecule has 100 valence electrons. The van der Waals surface area contributed by atoms with Gasteiger partial charge in [0.25, 0.3) is 0 Å². The quantitative estimate of drug-likeness (QED) is 0.757. The topological polar surface area (TPSA) is 33.1 Å². The Bertz CT molecular complexity index is 765. The molecule has 1 aromatic heterocycles. The molecule has 0 spiro atoms. The first-order valence-corrected chi connectivity index (χ1v) is 7.24. The van der Waals surface area contributed by atoms with Crippen LogP contribution in [0.25, 0.3) is 10.9 Å². The number of pyridine rings is 1. The van der Waals surface area contributed by atoms with Crippen LogP contribution in [-0.4, -0.2) is 10.1 Å². The Balaban J connectivity index is 2.18. The van der Waals surface area contributed by atoms with Gasteiger partial charge in [0.05, 0.1) is 5.52 Å². The molecule has 0 saturated heterocycles. The molecule has 3 heteroatoms. The third kappa shape index (κ3) is 2.23. The second kappa shape index (κ2) is 5.35. The van der Waals surface area contributed by atoms with Gasteiger partial charge in [-0.05, 0) is 24.1 Å². The second-order valence-corrected chi connectivity index (χ2v) is 5.60. The molecular weight excluding hydrogens is 314 g/mol. The molecule has 1 N–H and O–H groups in total. The number of rotatable bonds is 2. The Labute approximate surface area is 126 Å². The molecule has 20 heavy (non-hydrogen) atoms. The maximum Gasteiger partial charge on any atom is 0.107 e. The fraction of sp³-hybridized carbons (Fsp3) is 0.118. The molecule has 0 fully saturated rings. The molecule has 3 rings (SSSR count). The molecular formula is C17H14BrNO. The highest BCUT2D eigenvalue weighted by atomic mass is 79.9. The number of fused-ring (bicyclic) bond motifs is 1. The van der Waals surface area contributed by atoms with Crippen LogP contribution in [0.3, 0.4) is 0 Å². The Hall–Kier alpha value is -1.71. The Kier molecular flexibility index (Phi) is 3.55. The van der Waals surface area contributed by atoms with E-state index >= 15 is 0 Å². The van der Waals surface area contributed by atoms with E-state index in [1.807, 2.05) is 55.5 Å². The summed E-state index contributed by atoms with van der Waals surface area (Å²) in [5.41, 5.74) is 3.64. The normalized spacial score (nSPS) is 12.6. The van der Waals surface area contributed by atoms with E-state index in [0.717, 1.165) is 32.1 Å². The van der Waals surface area contributed by atoms with Crippen LogP contribution >= 0.6 is 15.9 Å². The van der Waals surface area contributed by atoms with Crippen LogP contribution in [0.4, 0.5) is 0 Å². The Morgan fingerprint density at radius 2 is 1.70 bits per heavy atom. The van der Waals surface area contributed by atoms with Gasteiger partial charge >= 0.3 is 0 Å². The van der Waals surface area contributed by atoms with Gasteiger partial charge in [-0.15, -0.1) is 0 Å². The van der Waals surface area contributed by atoms with Gasteiger partial charge in [0.15, 0.2) is 0 Å². The lowest BCUT2D eigenvalue weighted by Gasteiger charge is -2.16. The lowest BCUT2D eigenvalue weighted by molar-refractivity contribution is 0.221. The van der Waals surface area contributed by atoms with Crippen LogP contribution in [0.1, 0.15) is 22.8 Å². The molecule has 2 nitrogen and oxygen atoms in total. The molecule has 0 aliphatic rings. The first kappa shape index (κ1) is 13.3. The van der Waals surface area contributed by atoms with E-state index < -0.39 is 6.10 Å². The fourth-order valence-corrected chi connectivity index (χ4v) is 2.88. The zero-order valence-electron chi connectivity index (χ0n) is 11.0. The molecule has 1 atom stereocenters. The number of aromatic nitrogens is 1. The third-order valence-corrected chi connectivity index (χ3v) is 4.56. The minimum Gasteiger partial charge on any atom is -0.384 e. The minimum absolute atomic E-state index is 0.692. The Morgan fingerprint density at radius 1 is 1.00 bits per heavy atom. The molecule has 0 aliphatic carbocycles. The molecule has 0 saturated carbocycles. The van der Waals surface area contributed by atoms with E-state index in [-0.39, 0.29) is 0 Å². The van der Waals surface area contributed by atoms with Gasteiger partial charge in [-0.1, -0.05) is 58.4 Å². The van der Waals surface area contributed by atoms with Crippen molar-refractivity contribution in [1.82, 2.24) is 4.98 Å². The molecule has 1 heterocycles. The number of nitrogens with zero attached hydrogens (tertiary/aromatic N) is 1. The van der Waals surface area contributed by atoms with Crippen molar-refractivity contribution in [2.45, 2.75) is 13.0 Å². The fourth-order valence-electron chi connectivity index (χ4n) is 2.40. The van der Waals surface area contributed by atoms with Crippen molar-refractivity contribution in [3.63, 3.8) is 0 Å². The van der Waals surface area contributed by atoms with Crippen molar-refractivity contribution in [2.75, 3.05) is 0 Å². The second-order valence-electron chi connectivity index (χ2n) is 4.80. The van der Waals surface area contributed by atoms with Crippen LogP contribution in [0.15, 0.2) is 59.2 Å². The first-order chi connectivity index (χ1) is 9.68. The summed E-state index contributed by atoms with van der Waals surface area (Å²) in [6, 6.07) is 15.7. The number of hydrogen-bond donors (Lipinski definition) is 1. The molecule has 0 amide bonds. The monoisotopic (exact) mass is 327 g/mol. The van der Waals surface area contributed by atoms with Crippen LogP contribution in [0, 0.1) is 6.92 Å². The van der Waals surface area contributed by atoms with Crippen molar-refractivity contribution < 1.29 is 5.11 Å². The van der Waals surface area contributed by atoms with Crippen LogP contribution in [0.2, 0.25) is 0 Å². The van der Waals surface area contributed by atoms with Crippen LogP contribution in [0.5, 0.6) is 0 Å². The summed E-state index contributed by atoms with van der Waals surface area (Å²) >= 11 is 3.56. The minimum atomic E-state index is -0.692. The summed E-state index contributed by atoms with van der Waals surface area (Å²) in [6.45, 7) is 2.02. The smallest absolute Gasteiger partial charge is 0.107 e. The first-order valence-electron chi connectivity index (χ1n) is 6.45. The van der Waals surface area contributed by atoms with E-state index in [2.05, 4.69) is 20.9 Å². The summed E-state index contributed by atoms with van der Waals surface area (Å²) < 4.78 is 0.945. The van der Waals surface area contributed by atoms with Crippen molar-refractivity contribution in [3.05, 3.63) is 75.9 Å². The van der Waals surface area contributed by atoms with E-state index in [1.165, 1.54) is 0 Å². The number of benzene rings is 2. The Morgan fingerprint density at radius 3 is 2.55 bits per heavy atom. The van der Waals surface area contributed by atoms with Crippen molar-refractivity contribution >= 4 is 26.8 Å². The summed E-state index contributed by atoms with van der Waals surface area (Å²) in [5, 5.41) is 11.8. The number of aliphatic hydroxyl groups is 1. The predicted octanol–water partition coefficient (Wildman–Crippen LogP) is 4.39. The summed E-state index contributed by atoms with van der Waals surface area (Å²) in [5.74, 6) is 0. The van der Waals surface area contributed by atoms with E-state index in [0.29, 0.717) is 0 Å². The maximum absolute atomic E-state index is 10.7. The summed E-state index contributed by atoms with van der Waals surface area (Å²) in [4.78, 5) is 4.40. The van der Waals surface area contributed by atoms with E-state index in [4.69, 9.17) is 0 Å². The van der Waals surface area contributed by atoms with Crippen LogP contribution < -0.4 is 0 Å². The lowest BCUT2D eigenvalue weighted by Crippen LogP contribution is -2.03. The van der Waals surface area contributed by atoms with Gasteiger partial charge in [-0.2, -0.15) is 0 Å². The summed E-state index contributed by atoms with van der Waals surface area (Å²) in [7, 11) is 0. The molecule has 0 radical (unpaired) electrons. The van der Waals surface area contributed by atoms with E-state index in [1.54, 1.807) is 6.20 Å². The number of para-hydroxylation sites is 1. The van der Waals surface area contributed by atoms with E-state index in [9.17, 15) is 5.11 Å². The third-order valence-electron chi connectivity index (χ3n) is 3.47. The lowest BCUT2D eigenvalue weighted by atomic mass is 9.98. The SMILES string of the molecule is Cc1cccc(C(O)c2cccc3cccnc23)c1Br. The van der Waals surface area contributed by atoms with Crippen LogP contribution in [-0.2, 0) is 0 Å². The molecule has 1 unspecified atom stereocenters. The molecule has 3 aromatic rings. The van der Waals surface area contributed by atoms with Gasteiger partial charge in [0, 0.05) is 21.6 Å². The molecule has 0 aliphatic heterocycles. The van der Waals surface area contributed by atoms with Crippen molar-refractivity contribution in [3.8, 4) is 0 Å². The number of aliphatic hydroxyl groups excluding tert-OH is 1. The van der Waals surface area contributed by atoms with Gasteiger partial charge in [0.1, 0.15) is 6.10 Å². The van der Waals surface area contributed by atoms with Gasteiger partial charge in [-0.25, -0.2) is 0 Å². The predicted molar refractivity (Wildman–Crippen MR) is 84.7 cm³/mol. The number of halogens is 1. The average Bonchev–Trinajstić information content (AvgIpc) is 2.49. The maximum atomic E-state index is 10.7.